The van der Waals surface area contributed by atoms with E-state index in [4.69, 9.17) is 4.74 Å². The molecule has 1 N–H and O–H groups in total. The van der Waals surface area contributed by atoms with Crippen LogP contribution in [0.15, 0.2) is 59.5 Å². The molecule has 1 fully saturated rings. The maximum absolute atomic E-state index is 12.9. The van der Waals surface area contributed by atoms with Crippen LogP contribution in [0.5, 0.6) is 5.75 Å². The number of carbonyl (C=O) groups is 1. The third-order valence-electron chi connectivity index (χ3n) is 4.64. The fourth-order valence-corrected chi connectivity index (χ4v) is 4.82. The van der Waals surface area contributed by atoms with Crippen LogP contribution >= 0.6 is 0 Å². The number of benzene rings is 2. The maximum atomic E-state index is 12.9. The van der Waals surface area contributed by atoms with E-state index in [1.165, 1.54) is 4.31 Å². The molecule has 3 rings (SSSR count). The summed E-state index contributed by atoms with van der Waals surface area (Å²) in [5.74, 6) is 0.0162. The van der Waals surface area contributed by atoms with Crippen molar-refractivity contribution in [1.29, 1.82) is 0 Å². The van der Waals surface area contributed by atoms with Gasteiger partial charge in [0.1, 0.15) is 5.75 Å². The summed E-state index contributed by atoms with van der Waals surface area (Å²) in [4.78, 5) is 13.1. The largest absolute Gasteiger partial charge is 0.489 e. The number of sulfonamides is 1. The molecule has 0 unspecified atom stereocenters. The van der Waals surface area contributed by atoms with E-state index in [0.717, 1.165) is 0 Å². The molecular formula is C21H26N2O4S. The number of anilines is 1. The van der Waals surface area contributed by atoms with Gasteiger partial charge in [0.2, 0.25) is 15.9 Å². The van der Waals surface area contributed by atoms with E-state index < -0.39 is 15.9 Å². The molecule has 0 radical (unpaired) electrons. The van der Waals surface area contributed by atoms with Gasteiger partial charge in [-0.05, 0) is 51.0 Å². The van der Waals surface area contributed by atoms with Gasteiger partial charge in [0.05, 0.1) is 22.6 Å². The van der Waals surface area contributed by atoms with Crippen LogP contribution in [0.1, 0.15) is 26.7 Å². The van der Waals surface area contributed by atoms with Crippen molar-refractivity contribution in [2.75, 3.05) is 18.4 Å². The van der Waals surface area contributed by atoms with Gasteiger partial charge in [-0.3, -0.25) is 4.79 Å². The van der Waals surface area contributed by atoms with Crippen molar-refractivity contribution in [1.82, 2.24) is 4.31 Å². The van der Waals surface area contributed by atoms with E-state index in [-0.39, 0.29) is 23.5 Å². The highest BCUT2D eigenvalue weighted by Crippen LogP contribution is 2.28. The summed E-state index contributed by atoms with van der Waals surface area (Å²) in [6, 6.07) is 15.6. The first-order valence-electron chi connectivity index (χ1n) is 9.49. The fourth-order valence-electron chi connectivity index (χ4n) is 3.28. The zero-order chi connectivity index (χ0) is 20.1. The monoisotopic (exact) mass is 402 g/mol. The zero-order valence-electron chi connectivity index (χ0n) is 16.2. The van der Waals surface area contributed by atoms with Gasteiger partial charge < -0.3 is 10.1 Å². The molecule has 150 valence electrons. The summed E-state index contributed by atoms with van der Waals surface area (Å²) in [6.45, 7) is 4.45. The SMILES string of the molecule is CC(C)Oc1ccccc1NC(=O)[C@H]1CCCN(S(=O)(=O)c2ccccc2)C1. The predicted octanol–water partition coefficient (Wildman–Crippen LogP) is 3.51. The van der Waals surface area contributed by atoms with E-state index >= 15 is 0 Å². The number of para-hydroxylation sites is 2. The Bertz CT molecular complexity index is 913. The van der Waals surface area contributed by atoms with Crippen molar-refractivity contribution in [2.45, 2.75) is 37.7 Å². The lowest BCUT2D eigenvalue weighted by Crippen LogP contribution is -2.43. The van der Waals surface area contributed by atoms with Crippen molar-refractivity contribution in [3.05, 3.63) is 54.6 Å². The lowest BCUT2D eigenvalue weighted by Gasteiger charge is -2.31. The molecular weight excluding hydrogens is 376 g/mol. The van der Waals surface area contributed by atoms with E-state index in [1.54, 1.807) is 36.4 Å². The van der Waals surface area contributed by atoms with Gasteiger partial charge in [0.15, 0.2) is 0 Å². The Kier molecular flexibility index (Phi) is 6.36. The molecule has 0 aromatic heterocycles. The minimum Gasteiger partial charge on any atom is -0.489 e. The Balaban J connectivity index is 1.72. The highest BCUT2D eigenvalue weighted by Gasteiger charge is 2.33. The molecule has 28 heavy (non-hydrogen) atoms. The van der Waals surface area contributed by atoms with Crippen LogP contribution in [-0.2, 0) is 14.8 Å². The van der Waals surface area contributed by atoms with Gasteiger partial charge in [-0.25, -0.2) is 8.42 Å². The van der Waals surface area contributed by atoms with Gasteiger partial charge in [-0.15, -0.1) is 0 Å². The van der Waals surface area contributed by atoms with Crippen LogP contribution < -0.4 is 10.1 Å². The number of hydrogen-bond donors (Lipinski definition) is 1. The number of amides is 1. The smallest absolute Gasteiger partial charge is 0.243 e. The molecule has 1 aliphatic heterocycles. The molecule has 1 atom stereocenters. The summed E-state index contributed by atoms with van der Waals surface area (Å²) in [5.41, 5.74) is 0.601. The Morgan fingerprint density at radius 2 is 1.79 bits per heavy atom. The van der Waals surface area contributed by atoms with Gasteiger partial charge in [-0.1, -0.05) is 30.3 Å². The first kappa shape index (κ1) is 20.4. The van der Waals surface area contributed by atoms with Crippen LogP contribution in [0.4, 0.5) is 5.69 Å². The fraction of sp³-hybridized carbons (Fsp3) is 0.381. The Labute approximate surface area is 166 Å². The third kappa shape index (κ3) is 4.72. The van der Waals surface area contributed by atoms with E-state index in [0.29, 0.717) is 30.8 Å². The molecule has 1 amide bonds. The number of rotatable bonds is 6. The molecule has 0 saturated carbocycles. The van der Waals surface area contributed by atoms with Crippen LogP contribution in [0.25, 0.3) is 0 Å². The first-order valence-corrected chi connectivity index (χ1v) is 10.9. The molecule has 1 saturated heterocycles. The average Bonchev–Trinajstić information content (AvgIpc) is 2.70. The quantitative estimate of drug-likeness (QED) is 0.802. The number of hydrogen-bond acceptors (Lipinski definition) is 4. The van der Waals surface area contributed by atoms with Crippen molar-refractivity contribution in [3.8, 4) is 5.75 Å². The molecule has 0 aliphatic carbocycles. The minimum absolute atomic E-state index is 0.0146. The Morgan fingerprint density at radius 3 is 2.50 bits per heavy atom. The van der Waals surface area contributed by atoms with Crippen molar-refractivity contribution >= 4 is 21.6 Å². The lowest BCUT2D eigenvalue weighted by atomic mass is 9.98. The molecule has 6 nitrogen and oxygen atoms in total. The second kappa shape index (κ2) is 8.75. The molecule has 1 heterocycles. The van der Waals surface area contributed by atoms with E-state index in [1.807, 2.05) is 32.0 Å². The van der Waals surface area contributed by atoms with Gasteiger partial charge in [0.25, 0.3) is 0 Å². The van der Waals surface area contributed by atoms with Crippen LogP contribution in [-0.4, -0.2) is 37.8 Å². The molecule has 1 aliphatic rings. The number of piperidine rings is 1. The second-order valence-corrected chi connectivity index (χ2v) is 9.11. The van der Waals surface area contributed by atoms with E-state index in [2.05, 4.69) is 5.32 Å². The van der Waals surface area contributed by atoms with Gasteiger partial charge in [0, 0.05) is 13.1 Å². The number of carbonyl (C=O) groups excluding carboxylic acids is 1. The maximum Gasteiger partial charge on any atom is 0.243 e. The average molecular weight is 403 g/mol. The molecule has 7 heteroatoms. The summed E-state index contributed by atoms with van der Waals surface area (Å²) >= 11 is 0. The molecule has 2 aromatic carbocycles. The highest BCUT2D eigenvalue weighted by atomic mass is 32.2. The van der Waals surface area contributed by atoms with Crippen molar-refractivity contribution in [3.63, 3.8) is 0 Å². The van der Waals surface area contributed by atoms with Crippen molar-refractivity contribution in [2.24, 2.45) is 5.92 Å². The molecule has 0 bridgehead atoms. The minimum atomic E-state index is -3.60. The summed E-state index contributed by atoms with van der Waals surface area (Å²) in [7, 11) is -3.60. The third-order valence-corrected chi connectivity index (χ3v) is 6.52. The Morgan fingerprint density at radius 1 is 1.11 bits per heavy atom. The Hall–Kier alpha value is -2.38. The predicted molar refractivity (Wildman–Crippen MR) is 109 cm³/mol. The van der Waals surface area contributed by atoms with Crippen LogP contribution in [0.3, 0.4) is 0 Å². The summed E-state index contributed by atoms with van der Waals surface area (Å²) in [5, 5.41) is 2.91. The normalized spacial score (nSPS) is 18.0. The molecule has 2 aromatic rings. The highest BCUT2D eigenvalue weighted by molar-refractivity contribution is 7.89. The molecule has 0 spiro atoms. The second-order valence-electron chi connectivity index (χ2n) is 7.17. The summed E-state index contributed by atoms with van der Waals surface area (Å²) in [6.07, 6.45) is 1.29. The number of nitrogens with one attached hydrogen (secondary N) is 1. The van der Waals surface area contributed by atoms with E-state index in [9.17, 15) is 13.2 Å². The summed E-state index contributed by atoms with van der Waals surface area (Å²) < 4.78 is 32.9. The number of nitrogens with zero attached hydrogens (tertiary/aromatic N) is 1. The lowest BCUT2D eigenvalue weighted by molar-refractivity contribution is -0.120. The number of ether oxygens (including phenoxy) is 1. The zero-order valence-corrected chi connectivity index (χ0v) is 17.0. The van der Waals surface area contributed by atoms with Crippen molar-refractivity contribution < 1.29 is 17.9 Å². The van der Waals surface area contributed by atoms with Crippen LogP contribution in [0, 0.1) is 5.92 Å². The van der Waals surface area contributed by atoms with Crippen LogP contribution in [0.2, 0.25) is 0 Å². The van der Waals surface area contributed by atoms with Gasteiger partial charge in [-0.2, -0.15) is 4.31 Å². The standard InChI is InChI=1S/C21H26N2O4S/c1-16(2)27-20-13-7-6-12-19(20)22-21(24)17-9-8-14-23(15-17)28(25,26)18-10-4-3-5-11-18/h3-7,10-13,16-17H,8-9,14-15H2,1-2H3,(H,22,24)/t17-/m0/s1. The van der Waals surface area contributed by atoms with Gasteiger partial charge >= 0.3 is 0 Å². The topological polar surface area (TPSA) is 75.7 Å². The first-order chi connectivity index (χ1) is 13.4.